The van der Waals surface area contributed by atoms with E-state index >= 15 is 0 Å². The number of carbonyl (C=O) groups is 1. The molecule has 4 heterocycles. The number of carbonyl (C=O) groups excluding carboxylic acids is 1. The van der Waals surface area contributed by atoms with Gasteiger partial charge in [-0.3, -0.25) is 19.4 Å². The van der Waals surface area contributed by atoms with Gasteiger partial charge in [-0.15, -0.1) is 0 Å². The van der Waals surface area contributed by atoms with Crippen LogP contribution in [0.1, 0.15) is 48.5 Å². The molecule has 0 bridgehead atoms. The molecule has 0 spiro atoms. The Morgan fingerprint density at radius 1 is 1.12 bits per heavy atom. The number of nitrogens with one attached hydrogen (secondary N) is 1. The second-order valence-electron chi connectivity index (χ2n) is 8.93. The lowest BCUT2D eigenvalue weighted by atomic mass is 10.0. The van der Waals surface area contributed by atoms with Crippen LogP contribution < -0.4 is 10.2 Å². The lowest BCUT2D eigenvalue weighted by molar-refractivity contribution is -0.118. The van der Waals surface area contributed by atoms with Crippen molar-refractivity contribution in [3.8, 4) is 0 Å². The van der Waals surface area contributed by atoms with Crippen LogP contribution in [0.3, 0.4) is 0 Å². The van der Waals surface area contributed by atoms with Crippen molar-refractivity contribution in [1.82, 2.24) is 19.7 Å². The molecule has 0 aromatic carbocycles. The van der Waals surface area contributed by atoms with Gasteiger partial charge in [0, 0.05) is 25.1 Å². The van der Waals surface area contributed by atoms with Crippen LogP contribution in [0.2, 0.25) is 0 Å². The minimum Gasteiger partial charge on any atom is -0.361 e. The highest BCUT2D eigenvalue weighted by atomic mass is 19.1. The number of halogens is 1. The molecule has 8 heteroatoms. The Kier molecular flexibility index (Phi) is 6.19. The number of hydrogen-bond acceptors (Lipinski definition) is 5. The van der Waals surface area contributed by atoms with Crippen LogP contribution in [-0.4, -0.2) is 38.7 Å². The summed E-state index contributed by atoms with van der Waals surface area (Å²) in [5.74, 6) is 0.234. The third-order valence-corrected chi connectivity index (χ3v) is 6.40. The molecule has 1 aliphatic heterocycles. The molecule has 0 unspecified atom stereocenters. The van der Waals surface area contributed by atoms with Crippen molar-refractivity contribution in [2.24, 2.45) is 5.92 Å². The topological polar surface area (TPSA) is 75.9 Å². The Bertz CT molecular complexity index is 1190. The van der Waals surface area contributed by atoms with E-state index in [9.17, 15) is 9.18 Å². The first-order valence-electron chi connectivity index (χ1n) is 11.1. The van der Waals surface area contributed by atoms with Crippen LogP contribution in [0, 0.1) is 25.6 Å². The van der Waals surface area contributed by atoms with Crippen molar-refractivity contribution in [2.75, 3.05) is 17.3 Å². The average Bonchev–Trinajstić information content (AvgIpc) is 3.49. The van der Waals surface area contributed by atoms with Gasteiger partial charge in [0.2, 0.25) is 5.91 Å². The number of pyridine rings is 2. The highest BCUT2D eigenvalue weighted by molar-refractivity contribution is 6.04. The van der Waals surface area contributed by atoms with Crippen molar-refractivity contribution in [3.05, 3.63) is 64.7 Å². The fourth-order valence-electron chi connectivity index (χ4n) is 4.46. The molecule has 1 N–H and O–H groups in total. The molecule has 33 heavy (non-hydrogen) atoms. The Morgan fingerprint density at radius 2 is 1.91 bits per heavy atom. The quantitative estimate of drug-likeness (QED) is 0.613. The van der Waals surface area contributed by atoms with Gasteiger partial charge < -0.3 is 10.2 Å². The summed E-state index contributed by atoms with van der Waals surface area (Å²) in [4.78, 5) is 23.5. The van der Waals surface area contributed by atoms with Gasteiger partial charge in [-0.05, 0) is 68.7 Å². The number of fused-ring (bicyclic) bond motifs is 1. The van der Waals surface area contributed by atoms with Crippen LogP contribution in [0.5, 0.6) is 0 Å². The predicted molar refractivity (Wildman–Crippen MR) is 127 cm³/mol. The molecule has 1 fully saturated rings. The molecular weight excluding hydrogens is 419 g/mol. The first-order chi connectivity index (χ1) is 15.4. The molecule has 1 saturated carbocycles. The first kappa shape index (κ1) is 22.9. The van der Waals surface area contributed by atoms with Crippen LogP contribution in [-0.2, 0) is 24.2 Å². The van der Waals surface area contributed by atoms with E-state index in [0.29, 0.717) is 18.2 Å². The minimum absolute atomic E-state index is 0. The standard InChI is InChI=1S/C24H27FN6O.CH4/c1-14-20(25)8-17(10-26-14)13-31-12-16(11-27-31)4-7-19-9-21-22(15(2)28-19)29-24(32)23(30(21)3)18-5-6-18;/h8-12,18,23H,4-7,13H2,1-3H3,(H,29,32);1H4/t23-;/m0./s1. The number of aryl methyl sites for hydroxylation is 4. The summed E-state index contributed by atoms with van der Waals surface area (Å²) in [7, 11) is 2.01. The van der Waals surface area contributed by atoms with Gasteiger partial charge >= 0.3 is 0 Å². The zero-order valence-corrected chi connectivity index (χ0v) is 18.6. The normalized spacial score (nSPS) is 17.4. The van der Waals surface area contributed by atoms with E-state index in [1.54, 1.807) is 17.8 Å². The molecule has 1 atom stereocenters. The molecular formula is C25H31FN6O. The van der Waals surface area contributed by atoms with E-state index in [1.165, 1.54) is 6.07 Å². The van der Waals surface area contributed by atoms with Gasteiger partial charge in [-0.1, -0.05) is 7.43 Å². The number of amides is 1. The zero-order chi connectivity index (χ0) is 22.4. The smallest absolute Gasteiger partial charge is 0.247 e. The summed E-state index contributed by atoms with van der Waals surface area (Å²) in [6, 6.07) is 3.52. The van der Waals surface area contributed by atoms with E-state index in [0.717, 1.165) is 59.6 Å². The van der Waals surface area contributed by atoms with Gasteiger partial charge in [0.15, 0.2) is 0 Å². The maximum absolute atomic E-state index is 13.7. The summed E-state index contributed by atoms with van der Waals surface area (Å²) in [6.45, 7) is 4.08. The maximum Gasteiger partial charge on any atom is 0.247 e. The Morgan fingerprint density at radius 3 is 2.64 bits per heavy atom. The van der Waals surface area contributed by atoms with Crippen LogP contribution in [0.25, 0.3) is 0 Å². The number of hydrogen-bond donors (Lipinski definition) is 1. The van der Waals surface area contributed by atoms with Crippen LogP contribution >= 0.6 is 0 Å². The second kappa shape index (κ2) is 8.92. The van der Waals surface area contributed by atoms with Crippen molar-refractivity contribution >= 4 is 17.3 Å². The molecule has 1 amide bonds. The molecule has 5 rings (SSSR count). The van der Waals surface area contributed by atoms with Crippen molar-refractivity contribution in [1.29, 1.82) is 0 Å². The number of aromatic nitrogens is 4. The van der Waals surface area contributed by atoms with Gasteiger partial charge in [0.05, 0.1) is 35.5 Å². The molecule has 0 radical (unpaired) electrons. The molecule has 0 saturated heterocycles. The third-order valence-electron chi connectivity index (χ3n) is 6.40. The van der Waals surface area contributed by atoms with Gasteiger partial charge in [-0.2, -0.15) is 5.10 Å². The van der Waals surface area contributed by atoms with E-state index in [4.69, 9.17) is 4.98 Å². The first-order valence-corrected chi connectivity index (χ1v) is 11.1. The lowest BCUT2D eigenvalue weighted by Crippen LogP contribution is -2.47. The monoisotopic (exact) mass is 450 g/mol. The van der Waals surface area contributed by atoms with Gasteiger partial charge in [0.25, 0.3) is 0 Å². The summed E-state index contributed by atoms with van der Waals surface area (Å²) in [6.07, 6.45) is 9.32. The lowest BCUT2D eigenvalue weighted by Gasteiger charge is -2.36. The summed E-state index contributed by atoms with van der Waals surface area (Å²) >= 11 is 0. The van der Waals surface area contributed by atoms with E-state index in [2.05, 4.69) is 26.4 Å². The van der Waals surface area contributed by atoms with Crippen molar-refractivity contribution in [3.63, 3.8) is 0 Å². The SMILES string of the molecule is C.Cc1ncc(Cn2cc(CCc3cc4c(c(C)n3)NC(=O)[C@H](C3CC3)N4C)cn2)cc1F. The molecule has 3 aromatic heterocycles. The summed E-state index contributed by atoms with van der Waals surface area (Å²) < 4.78 is 15.5. The van der Waals surface area contributed by atoms with Crippen molar-refractivity contribution < 1.29 is 9.18 Å². The van der Waals surface area contributed by atoms with Crippen molar-refractivity contribution in [2.45, 2.75) is 59.5 Å². The maximum atomic E-state index is 13.7. The van der Waals surface area contributed by atoms with E-state index in [1.807, 2.05) is 26.4 Å². The number of nitrogens with zero attached hydrogens (tertiary/aromatic N) is 5. The fourth-order valence-corrected chi connectivity index (χ4v) is 4.46. The highest BCUT2D eigenvalue weighted by Crippen LogP contribution is 2.42. The van der Waals surface area contributed by atoms with Gasteiger partial charge in [-0.25, -0.2) is 4.39 Å². The van der Waals surface area contributed by atoms with Crippen LogP contribution in [0.15, 0.2) is 30.7 Å². The Hall–Kier alpha value is -3.29. The predicted octanol–water partition coefficient (Wildman–Crippen LogP) is 4.07. The number of likely N-dealkylation sites (N-methyl/N-ethyl adjacent to an activating group) is 1. The number of anilines is 2. The average molecular weight is 451 g/mol. The molecule has 1 aliphatic carbocycles. The minimum atomic E-state index is -0.297. The van der Waals surface area contributed by atoms with E-state index in [-0.39, 0.29) is 25.2 Å². The molecule has 2 aliphatic rings. The van der Waals surface area contributed by atoms with E-state index < -0.39 is 0 Å². The summed E-state index contributed by atoms with van der Waals surface area (Å²) in [5.41, 5.74) is 5.99. The number of rotatable bonds is 6. The zero-order valence-electron chi connectivity index (χ0n) is 18.6. The highest BCUT2D eigenvalue weighted by Gasteiger charge is 2.42. The third kappa shape index (κ3) is 4.60. The Balaban J connectivity index is 0.00000259. The largest absolute Gasteiger partial charge is 0.361 e. The Labute approximate surface area is 194 Å². The molecule has 3 aromatic rings. The summed E-state index contributed by atoms with van der Waals surface area (Å²) in [5, 5.41) is 7.49. The second-order valence-corrected chi connectivity index (χ2v) is 8.93. The fraction of sp³-hybridized carbons (Fsp3) is 0.440. The van der Waals surface area contributed by atoms with Gasteiger partial charge in [0.1, 0.15) is 11.9 Å². The van der Waals surface area contributed by atoms with Crippen LogP contribution in [0.4, 0.5) is 15.8 Å². The molecule has 7 nitrogen and oxygen atoms in total. The molecule has 174 valence electrons.